The minimum absolute atomic E-state index is 0.0243. The van der Waals surface area contributed by atoms with Gasteiger partial charge >= 0.3 is 11.4 Å². The van der Waals surface area contributed by atoms with E-state index >= 15 is 0 Å². The molecule has 4 N–H and O–H groups in total. The van der Waals surface area contributed by atoms with Gasteiger partial charge in [-0.2, -0.15) is 9.36 Å². The molecule has 4 rings (SSSR count). The van der Waals surface area contributed by atoms with Crippen LogP contribution >= 0.6 is 0 Å². The van der Waals surface area contributed by atoms with Crippen molar-refractivity contribution in [3.8, 4) is 11.4 Å². The monoisotopic (exact) mass is 420 g/mol. The Morgan fingerprint density at radius 3 is 1.87 bits per heavy atom. The molecule has 0 radical (unpaired) electrons. The van der Waals surface area contributed by atoms with Gasteiger partial charge in [0, 0.05) is 17.8 Å². The van der Waals surface area contributed by atoms with Gasteiger partial charge < -0.3 is 5.73 Å². The topological polar surface area (TPSA) is 196 Å². The highest BCUT2D eigenvalue weighted by Gasteiger charge is 2.14. The predicted molar refractivity (Wildman–Crippen MR) is 94.9 cm³/mol. The van der Waals surface area contributed by atoms with Crippen molar-refractivity contribution in [1.29, 1.82) is 0 Å². The number of nitrogens with one attached hydrogen (secondary N) is 2. The van der Waals surface area contributed by atoms with E-state index in [4.69, 9.17) is 5.73 Å². The van der Waals surface area contributed by atoms with Gasteiger partial charge in [0.2, 0.25) is 0 Å². The van der Waals surface area contributed by atoms with Crippen LogP contribution in [-0.4, -0.2) is 45.3 Å². The van der Waals surface area contributed by atoms with Crippen molar-refractivity contribution in [1.82, 2.24) is 40.4 Å². The van der Waals surface area contributed by atoms with E-state index in [1.807, 2.05) is 5.10 Å². The van der Waals surface area contributed by atoms with E-state index in [1.165, 1.54) is 12.1 Å². The van der Waals surface area contributed by atoms with Crippen molar-refractivity contribution >= 4 is 11.4 Å². The number of hydrogen-bond acceptors (Lipinski definition) is 9. The van der Waals surface area contributed by atoms with E-state index in [0.717, 1.165) is 28.9 Å². The normalized spacial score (nSPS) is 10.3. The molecule has 0 amide bonds. The number of anilines is 1. The van der Waals surface area contributed by atoms with E-state index in [1.54, 1.807) is 0 Å². The summed E-state index contributed by atoms with van der Waals surface area (Å²) in [6.45, 7) is 0. The van der Waals surface area contributed by atoms with E-state index < -0.39 is 27.9 Å². The number of halogens is 2. The molecule has 2 heterocycles. The Bertz CT molecular complexity index is 1320. The Morgan fingerprint density at radius 2 is 1.40 bits per heavy atom. The highest BCUT2D eigenvalue weighted by atomic mass is 19.1. The standard InChI is InChI=1S/C7H4FN5O3.C7H6FN5O/c8-5-2-1-4(13(15)16)3-6(5)12-7(14)9-10-11-12;8-5-2-1-4(9)3-6(5)13-7(14)10-11-12-13/h1-3H,(H,9,11,14);1-3H,9H2,(H,10,12,14). The number of nitro groups is 1. The first-order valence-corrected chi connectivity index (χ1v) is 7.78. The number of H-pyrrole nitrogens is 2. The second-order valence-corrected chi connectivity index (χ2v) is 5.44. The molecule has 2 aromatic carbocycles. The average molecular weight is 420 g/mol. The molecule has 0 saturated carbocycles. The number of nitro benzene ring substituents is 1. The second-order valence-electron chi connectivity index (χ2n) is 5.44. The molecule has 14 nitrogen and oxygen atoms in total. The van der Waals surface area contributed by atoms with Gasteiger partial charge in [-0.3, -0.25) is 10.1 Å². The number of nitrogens with two attached hydrogens (primary N) is 1. The van der Waals surface area contributed by atoms with Crippen LogP contribution in [-0.2, 0) is 0 Å². The van der Waals surface area contributed by atoms with Crippen LogP contribution in [0.4, 0.5) is 20.2 Å². The molecular formula is C14H10F2N10O4. The molecule has 0 saturated heterocycles. The summed E-state index contributed by atoms with van der Waals surface area (Å²) in [5.41, 5.74) is 3.70. The lowest BCUT2D eigenvalue weighted by molar-refractivity contribution is -0.384. The third kappa shape index (κ3) is 4.06. The van der Waals surface area contributed by atoms with Crippen LogP contribution < -0.4 is 17.1 Å². The largest absolute Gasteiger partial charge is 0.399 e. The van der Waals surface area contributed by atoms with Crippen LogP contribution in [0.25, 0.3) is 11.4 Å². The first kappa shape index (κ1) is 20.0. The molecule has 16 heteroatoms. The summed E-state index contributed by atoms with van der Waals surface area (Å²) in [5.74, 6) is -1.39. The van der Waals surface area contributed by atoms with Gasteiger partial charge in [-0.15, -0.1) is 0 Å². The number of aromatic amines is 2. The van der Waals surface area contributed by atoms with E-state index in [9.17, 15) is 28.5 Å². The lowest BCUT2D eigenvalue weighted by Gasteiger charge is -2.00. The van der Waals surface area contributed by atoms with Crippen molar-refractivity contribution in [3.05, 3.63) is 79.1 Å². The molecule has 0 unspecified atom stereocenters. The van der Waals surface area contributed by atoms with Crippen LogP contribution in [0.2, 0.25) is 0 Å². The lowest BCUT2D eigenvalue weighted by atomic mass is 10.2. The molecule has 0 fully saturated rings. The second kappa shape index (κ2) is 8.09. The molecule has 2 aromatic heterocycles. The lowest BCUT2D eigenvalue weighted by Crippen LogP contribution is -2.17. The summed E-state index contributed by atoms with van der Waals surface area (Å²) in [7, 11) is 0. The summed E-state index contributed by atoms with van der Waals surface area (Å²) in [6.07, 6.45) is 0. The number of non-ortho nitro benzene ring substituents is 1. The molecule has 0 spiro atoms. The fraction of sp³-hybridized carbons (Fsp3) is 0. The van der Waals surface area contributed by atoms with E-state index in [2.05, 4.69) is 26.0 Å². The van der Waals surface area contributed by atoms with Crippen LogP contribution in [0.1, 0.15) is 0 Å². The van der Waals surface area contributed by atoms with Gasteiger partial charge in [-0.25, -0.2) is 28.6 Å². The number of tetrazole rings is 2. The van der Waals surface area contributed by atoms with Gasteiger partial charge in [-0.1, -0.05) is 0 Å². The highest BCUT2D eigenvalue weighted by molar-refractivity contribution is 5.47. The van der Waals surface area contributed by atoms with Gasteiger partial charge in [0.25, 0.3) is 5.69 Å². The summed E-state index contributed by atoms with van der Waals surface area (Å²) in [5, 5.41) is 27.5. The predicted octanol–water partition coefficient (Wildman–Crippen LogP) is -0.320. The van der Waals surface area contributed by atoms with Crippen LogP contribution in [0.5, 0.6) is 0 Å². The first-order chi connectivity index (χ1) is 14.3. The fourth-order valence-electron chi connectivity index (χ4n) is 2.18. The molecule has 4 aromatic rings. The number of aromatic nitrogens is 8. The molecule has 0 aliphatic carbocycles. The summed E-state index contributed by atoms with van der Waals surface area (Å²) in [4.78, 5) is 31.9. The number of nitrogens with zero attached hydrogens (tertiary/aromatic N) is 7. The van der Waals surface area contributed by atoms with Crippen molar-refractivity contribution in [2.24, 2.45) is 0 Å². The molecule has 154 valence electrons. The highest BCUT2D eigenvalue weighted by Crippen LogP contribution is 2.18. The van der Waals surface area contributed by atoms with E-state index in [0.29, 0.717) is 10.4 Å². The van der Waals surface area contributed by atoms with Gasteiger partial charge in [-0.05, 0) is 45.1 Å². The summed E-state index contributed by atoms with van der Waals surface area (Å²) in [6, 6.07) is 6.63. The molecule has 0 atom stereocenters. The zero-order valence-corrected chi connectivity index (χ0v) is 14.6. The average Bonchev–Trinajstić information content (AvgIpc) is 3.32. The van der Waals surface area contributed by atoms with Gasteiger partial charge in [0.05, 0.1) is 4.92 Å². The molecule has 30 heavy (non-hydrogen) atoms. The smallest absolute Gasteiger partial charge is 0.365 e. The van der Waals surface area contributed by atoms with Crippen molar-refractivity contribution in [2.45, 2.75) is 0 Å². The van der Waals surface area contributed by atoms with E-state index in [-0.39, 0.29) is 17.1 Å². The Labute approximate surface area is 162 Å². The third-order valence-electron chi connectivity index (χ3n) is 3.51. The van der Waals surface area contributed by atoms with Gasteiger partial charge in [0.15, 0.2) is 0 Å². The van der Waals surface area contributed by atoms with Crippen molar-refractivity contribution < 1.29 is 13.7 Å². The van der Waals surface area contributed by atoms with Crippen LogP contribution in [0.15, 0.2) is 46.0 Å². The van der Waals surface area contributed by atoms with Crippen molar-refractivity contribution in [3.63, 3.8) is 0 Å². The molecule has 0 aliphatic rings. The number of nitrogen functional groups attached to an aromatic ring is 1. The number of rotatable bonds is 3. The summed E-state index contributed by atoms with van der Waals surface area (Å²) < 4.78 is 27.9. The first-order valence-electron chi connectivity index (χ1n) is 7.78. The minimum atomic E-state index is -0.804. The fourth-order valence-corrected chi connectivity index (χ4v) is 2.18. The maximum atomic E-state index is 13.3. The van der Waals surface area contributed by atoms with Crippen LogP contribution in [0.3, 0.4) is 0 Å². The zero-order valence-electron chi connectivity index (χ0n) is 14.6. The maximum Gasteiger partial charge on any atom is 0.365 e. The summed E-state index contributed by atoms with van der Waals surface area (Å²) >= 11 is 0. The zero-order chi connectivity index (χ0) is 21.8. The van der Waals surface area contributed by atoms with Gasteiger partial charge in [0.1, 0.15) is 23.0 Å². The number of hydrogen-bond donors (Lipinski definition) is 3. The Kier molecular flexibility index (Phi) is 5.39. The molecule has 0 bridgehead atoms. The molecule has 0 aliphatic heterocycles. The third-order valence-corrected chi connectivity index (χ3v) is 3.51. The van der Waals surface area contributed by atoms with Crippen LogP contribution in [0, 0.1) is 21.7 Å². The van der Waals surface area contributed by atoms with Crippen molar-refractivity contribution in [2.75, 3.05) is 5.73 Å². The SMILES string of the molecule is Nc1ccc(F)c(-n2nn[nH]c2=O)c1.O=c1[nH]nnn1-c1cc([N+](=O)[O-])ccc1F. The number of benzene rings is 2. The Hall–Kier alpha value is -4.76. The quantitative estimate of drug-likeness (QED) is 0.226. The molecular weight excluding hydrogens is 410 g/mol. The Balaban J connectivity index is 0.000000172. The Morgan fingerprint density at radius 1 is 0.900 bits per heavy atom. The minimum Gasteiger partial charge on any atom is -0.399 e. The maximum absolute atomic E-state index is 13.3.